The zero-order chi connectivity index (χ0) is 27.5. The van der Waals surface area contributed by atoms with Gasteiger partial charge in [0.15, 0.2) is 0 Å². The molecule has 2 unspecified atom stereocenters. The summed E-state index contributed by atoms with van der Waals surface area (Å²) in [4.78, 5) is 15.9. The zero-order valence-electron chi connectivity index (χ0n) is 22.5. The predicted molar refractivity (Wildman–Crippen MR) is 153 cm³/mol. The summed E-state index contributed by atoms with van der Waals surface area (Å²) in [6, 6.07) is 24.9. The summed E-state index contributed by atoms with van der Waals surface area (Å²) in [7, 11) is 3.65. The van der Waals surface area contributed by atoms with Crippen molar-refractivity contribution in [2.75, 3.05) is 19.1 Å². The molecule has 2 atom stereocenters. The third-order valence-electron chi connectivity index (χ3n) is 8.45. The Morgan fingerprint density at radius 2 is 1.59 bits per heavy atom. The van der Waals surface area contributed by atoms with Crippen molar-refractivity contribution in [2.45, 2.75) is 37.4 Å². The van der Waals surface area contributed by atoms with Crippen molar-refractivity contribution >= 4 is 5.69 Å². The van der Waals surface area contributed by atoms with Crippen LogP contribution in [-0.4, -0.2) is 46.4 Å². The van der Waals surface area contributed by atoms with Crippen molar-refractivity contribution in [1.29, 1.82) is 0 Å². The minimum atomic E-state index is -0.926. The molecule has 7 nitrogen and oxygen atoms in total. The smallest absolute Gasteiger partial charge is 0.275 e. The molecule has 1 aromatic heterocycles. The Morgan fingerprint density at radius 3 is 2.23 bits per heavy atom. The number of nitrogens with one attached hydrogen (secondary N) is 1. The first kappa shape index (κ1) is 25.2. The predicted octanol–water partition coefficient (Wildman–Crippen LogP) is 4.59. The first-order chi connectivity index (χ1) is 18.7. The summed E-state index contributed by atoms with van der Waals surface area (Å²) in [6.07, 6.45) is 0.123. The number of benzene rings is 3. The Kier molecular flexibility index (Phi) is 6.01. The Bertz CT molecular complexity index is 1590. The zero-order valence-corrected chi connectivity index (χ0v) is 22.5. The van der Waals surface area contributed by atoms with E-state index < -0.39 is 24.0 Å². The van der Waals surface area contributed by atoms with E-state index in [0.717, 1.165) is 28.3 Å². The SMILES string of the molecule is COc1ccc2c(c1)C(C)(C)/C(=C/C1C(O)C(c3c(-c4ccccc4)[nH]n(-c4ccccc4)c3=O)C1O)N2C. The van der Waals surface area contributed by atoms with Gasteiger partial charge in [-0.1, -0.05) is 68.5 Å². The van der Waals surface area contributed by atoms with Gasteiger partial charge < -0.3 is 19.8 Å². The monoisotopic (exact) mass is 523 g/mol. The maximum absolute atomic E-state index is 13.8. The highest BCUT2D eigenvalue weighted by molar-refractivity contribution is 5.71. The lowest BCUT2D eigenvalue weighted by molar-refractivity contribution is -0.0948. The summed E-state index contributed by atoms with van der Waals surface area (Å²) in [6.45, 7) is 4.27. The van der Waals surface area contributed by atoms with Crippen LogP contribution in [0.2, 0.25) is 0 Å². The van der Waals surface area contributed by atoms with Gasteiger partial charge in [0.1, 0.15) is 5.75 Å². The number of anilines is 1. The minimum absolute atomic E-state index is 0.271. The maximum Gasteiger partial charge on any atom is 0.275 e. The number of aliphatic hydroxyl groups is 2. The second-order valence-corrected chi connectivity index (χ2v) is 10.9. The second-order valence-electron chi connectivity index (χ2n) is 10.9. The Morgan fingerprint density at radius 1 is 0.949 bits per heavy atom. The van der Waals surface area contributed by atoms with Crippen LogP contribution < -0.4 is 15.2 Å². The van der Waals surface area contributed by atoms with E-state index in [0.29, 0.717) is 16.9 Å². The molecule has 0 amide bonds. The van der Waals surface area contributed by atoms with Crippen LogP contribution in [-0.2, 0) is 5.41 Å². The fourth-order valence-corrected chi connectivity index (χ4v) is 6.24. The number of aliphatic hydroxyl groups excluding tert-OH is 2. The van der Waals surface area contributed by atoms with E-state index in [1.54, 1.807) is 7.11 Å². The lowest BCUT2D eigenvalue weighted by Crippen LogP contribution is -2.54. The number of H-pyrrole nitrogens is 1. The van der Waals surface area contributed by atoms with E-state index in [-0.39, 0.29) is 11.0 Å². The number of nitrogens with zero attached hydrogens (tertiary/aromatic N) is 2. The van der Waals surface area contributed by atoms with Crippen LogP contribution in [0.5, 0.6) is 5.75 Å². The highest BCUT2D eigenvalue weighted by Crippen LogP contribution is 2.51. The molecule has 2 aliphatic rings. The molecule has 0 radical (unpaired) electrons. The highest BCUT2D eigenvalue weighted by Gasteiger charge is 2.52. The highest BCUT2D eigenvalue weighted by atomic mass is 16.5. The number of aromatic amines is 1. The van der Waals surface area contributed by atoms with Gasteiger partial charge in [0, 0.05) is 35.7 Å². The fraction of sp³-hybridized carbons (Fsp3) is 0.281. The number of methoxy groups -OCH3 is 1. The summed E-state index contributed by atoms with van der Waals surface area (Å²) in [5, 5.41) is 26.2. The average molecular weight is 524 g/mol. The molecule has 1 saturated carbocycles. The van der Waals surface area contributed by atoms with E-state index in [1.165, 1.54) is 4.68 Å². The molecule has 200 valence electrons. The Hall–Kier alpha value is -4.07. The average Bonchev–Trinajstić information content (AvgIpc) is 3.38. The van der Waals surface area contributed by atoms with E-state index in [4.69, 9.17) is 4.74 Å². The van der Waals surface area contributed by atoms with E-state index in [2.05, 4.69) is 23.8 Å². The van der Waals surface area contributed by atoms with Crippen molar-refractivity contribution in [3.63, 3.8) is 0 Å². The van der Waals surface area contributed by atoms with Crippen LogP contribution >= 0.6 is 0 Å². The number of aromatic nitrogens is 2. The number of allylic oxidation sites excluding steroid dienone is 1. The van der Waals surface area contributed by atoms with E-state index >= 15 is 0 Å². The molecule has 2 heterocycles. The van der Waals surface area contributed by atoms with Crippen molar-refractivity contribution in [2.24, 2.45) is 5.92 Å². The van der Waals surface area contributed by atoms with Crippen LogP contribution in [0.15, 0.2) is 95.4 Å². The van der Waals surface area contributed by atoms with Gasteiger partial charge in [0.05, 0.1) is 36.3 Å². The van der Waals surface area contributed by atoms with Gasteiger partial charge in [-0.25, -0.2) is 4.68 Å². The fourth-order valence-electron chi connectivity index (χ4n) is 6.24. The summed E-state index contributed by atoms with van der Waals surface area (Å²) < 4.78 is 6.94. The maximum atomic E-state index is 13.8. The number of rotatable bonds is 5. The number of ether oxygens (including phenoxy) is 1. The lowest BCUT2D eigenvalue weighted by Gasteiger charge is -2.45. The topological polar surface area (TPSA) is 90.7 Å². The van der Waals surface area contributed by atoms with Gasteiger partial charge in [0.2, 0.25) is 0 Å². The first-order valence-electron chi connectivity index (χ1n) is 13.2. The van der Waals surface area contributed by atoms with Crippen LogP contribution in [0.1, 0.15) is 30.9 Å². The molecule has 1 aliphatic carbocycles. The summed E-state index contributed by atoms with van der Waals surface area (Å²) >= 11 is 0. The third kappa shape index (κ3) is 3.84. The number of hydrogen-bond donors (Lipinski definition) is 3. The third-order valence-corrected chi connectivity index (χ3v) is 8.45. The standard InChI is InChI=1S/C32H33N3O4/c1-32(2)23-17-21(39-4)15-16-24(23)34(3)25(32)18-22-29(36)27(30(22)37)26-28(19-11-7-5-8-12-19)33-35(31(26)38)20-13-9-6-10-14-20/h5-18,22,27,29-30,33,36-37H,1-4H3/b25-18-. The van der Waals surface area contributed by atoms with Crippen LogP contribution in [0, 0.1) is 5.92 Å². The molecule has 7 heteroatoms. The van der Waals surface area contributed by atoms with E-state index in [9.17, 15) is 15.0 Å². The van der Waals surface area contributed by atoms with Crippen molar-refractivity contribution in [3.05, 3.63) is 112 Å². The van der Waals surface area contributed by atoms with Gasteiger partial charge in [-0.05, 0) is 41.5 Å². The molecule has 1 aliphatic heterocycles. The Labute approximate surface area is 227 Å². The quantitative estimate of drug-likeness (QED) is 0.356. The Balaban J connectivity index is 1.39. The molecular formula is C32H33N3O4. The molecule has 3 N–H and O–H groups in total. The van der Waals surface area contributed by atoms with Crippen molar-refractivity contribution in [3.8, 4) is 22.7 Å². The molecule has 6 rings (SSSR count). The molecule has 0 spiro atoms. The van der Waals surface area contributed by atoms with Gasteiger partial charge in [0.25, 0.3) is 5.56 Å². The molecule has 39 heavy (non-hydrogen) atoms. The number of fused-ring (bicyclic) bond motifs is 1. The van der Waals surface area contributed by atoms with Gasteiger partial charge in [-0.15, -0.1) is 0 Å². The molecule has 4 aromatic rings. The lowest BCUT2D eigenvalue weighted by atomic mass is 9.64. The second kappa shape index (κ2) is 9.29. The number of likely N-dealkylation sites (N-methyl/N-ethyl adjacent to an activating group) is 1. The van der Waals surface area contributed by atoms with Crippen molar-refractivity contribution < 1.29 is 14.9 Å². The largest absolute Gasteiger partial charge is 0.497 e. The molecule has 3 aromatic carbocycles. The van der Waals surface area contributed by atoms with Gasteiger partial charge in [-0.2, -0.15) is 0 Å². The molecule has 0 bridgehead atoms. The normalized spacial score (nSPS) is 24.5. The summed E-state index contributed by atoms with van der Waals surface area (Å²) in [5.74, 6) is -0.463. The minimum Gasteiger partial charge on any atom is -0.497 e. The number of hydrogen-bond acceptors (Lipinski definition) is 5. The molecule has 1 fully saturated rings. The van der Waals surface area contributed by atoms with Gasteiger partial charge >= 0.3 is 0 Å². The van der Waals surface area contributed by atoms with Crippen LogP contribution in [0.3, 0.4) is 0 Å². The van der Waals surface area contributed by atoms with Gasteiger partial charge in [-0.3, -0.25) is 9.89 Å². The summed E-state index contributed by atoms with van der Waals surface area (Å²) in [5.41, 5.74) is 5.07. The van der Waals surface area contributed by atoms with Crippen LogP contribution in [0.25, 0.3) is 16.9 Å². The van der Waals surface area contributed by atoms with Crippen LogP contribution in [0.4, 0.5) is 5.69 Å². The first-order valence-corrected chi connectivity index (χ1v) is 13.2. The molecular weight excluding hydrogens is 490 g/mol. The van der Waals surface area contributed by atoms with Crippen molar-refractivity contribution in [1.82, 2.24) is 9.78 Å². The number of para-hydroxylation sites is 1. The molecule has 0 saturated heterocycles. The van der Waals surface area contributed by atoms with E-state index in [1.807, 2.05) is 92.0 Å².